The van der Waals surface area contributed by atoms with Crippen molar-refractivity contribution in [2.24, 2.45) is 5.16 Å². The smallest absolute Gasteiger partial charge is 0.336 e. The number of rotatable bonds is 5. The van der Waals surface area contributed by atoms with Gasteiger partial charge in [-0.3, -0.25) is 0 Å². The maximum Gasteiger partial charge on any atom is 0.336 e. The average molecular weight is 253 g/mol. The van der Waals surface area contributed by atoms with Gasteiger partial charge in [-0.05, 0) is 30.1 Å². The molecule has 98 valence electrons. The predicted octanol–water partition coefficient (Wildman–Crippen LogP) is 2.05. The van der Waals surface area contributed by atoms with Gasteiger partial charge in [-0.2, -0.15) is 4.89 Å². The standard InChI is InChI=1S/C12H15NO5/c1-3-8-6-5-7-9(10(8)12(14)15)11(13-16)18-17-4-2/h5-7,16H,3-4H2,1-2H3,(H,14,15). The van der Waals surface area contributed by atoms with Gasteiger partial charge in [-0.1, -0.05) is 19.1 Å². The second-order valence-corrected chi connectivity index (χ2v) is 3.39. The Morgan fingerprint density at radius 3 is 2.61 bits per heavy atom. The molecule has 6 nitrogen and oxygen atoms in total. The van der Waals surface area contributed by atoms with Crippen molar-refractivity contribution in [3.8, 4) is 0 Å². The van der Waals surface area contributed by atoms with Gasteiger partial charge in [-0.15, -0.1) is 0 Å². The molecular weight excluding hydrogens is 238 g/mol. The van der Waals surface area contributed by atoms with Crippen LogP contribution in [0.15, 0.2) is 23.4 Å². The van der Waals surface area contributed by atoms with Gasteiger partial charge in [0.15, 0.2) is 0 Å². The molecule has 1 rings (SSSR count). The maximum atomic E-state index is 11.3. The van der Waals surface area contributed by atoms with Crippen LogP contribution in [0.4, 0.5) is 0 Å². The molecule has 0 saturated carbocycles. The van der Waals surface area contributed by atoms with Gasteiger partial charge in [0.05, 0.1) is 17.7 Å². The van der Waals surface area contributed by atoms with Crippen LogP contribution in [-0.4, -0.2) is 28.8 Å². The molecule has 0 aliphatic rings. The zero-order valence-electron chi connectivity index (χ0n) is 10.2. The molecule has 0 aromatic heterocycles. The van der Waals surface area contributed by atoms with E-state index in [0.717, 1.165) is 0 Å². The van der Waals surface area contributed by atoms with Gasteiger partial charge in [-0.25, -0.2) is 4.79 Å². The van der Waals surface area contributed by atoms with Crippen LogP contribution < -0.4 is 0 Å². The Morgan fingerprint density at radius 1 is 1.39 bits per heavy atom. The van der Waals surface area contributed by atoms with Crippen LogP contribution in [0.25, 0.3) is 0 Å². The number of carbonyl (C=O) groups is 1. The number of carboxylic acid groups (broad SMARTS) is 1. The van der Waals surface area contributed by atoms with E-state index in [9.17, 15) is 9.90 Å². The van der Waals surface area contributed by atoms with E-state index in [1.807, 2.05) is 6.92 Å². The molecule has 0 heterocycles. The molecule has 0 aliphatic heterocycles. The summed E-state index contributed by atoms with van der Waals surface area (Å²) in [5, 5.41) is 21.0. The van der Waals surface area contributed by atoms with Gasteiger partial charge in [0, 0.05) is 0 Å². The Labute approximate surface area is 104 Å². The first kappa shape index (κ1) is 14.0. The van der Waals surface area contributed by atoms with Gasteiger partial charge in [0.25, 0.3) is 5.90 Å². The molecule has 0 bridgehead atoms. The van der Waals surface area contributed by atoms with E-state index in [4.69, 9.17) is 10.1 Å². The highest BCUT2D eigenvalue weighted by Gasteiger charge is 2.20. The minimum atomic E-state index is -1.11. The number of carboxylic acids is 1. The largest absolute Gasteiger partial charge is 0.478 e. The first-order valence-electron chi connectivity index (χ1n) is 5.52. The highest BCUT2D eigenvalue weighted by atomic mass is 17.2. The molecule has 1 aromatic rings. The lowest BCUT2D eigenvalue weighted by Gasteiger charge is -2.10. The van der Waals surface area contributed by atoms with E-state index in [1.54, 1.807) is 19.1 Å². The summed E-state index contributed by atoms with van der Waals surface area (Å²) in [5.41, 5.74) is 0.853. The van der Waals surface area contributed by atoms with Crippen molar-refractivity contribution in [2.45, 2.75) is 20.3 Å². The van der Waals surface area contributed by atoms with Gasteiger partial charge < -0.3 is 15.2 Å². The number of aromatic carboxylic acids is 1. The van der Waals surface area contributed by atoms with Crippen LogP contribution >= 0.6 is 0 Å². The fourth-order valence-electron chi connectivity index (χ4n) is 1.56. The van der Waals surface area contributed by atoms with Crippen molar-refractivity contribution in [1.29, 1.82) is 0 Å². The van der Waals surface area contributed by atoms with Crippen molar-refractivity contribution < 1.29 is 24.9 Å². The lowest BCUT2D eigenvalue weighted by molar-refractivity contribution is -0.218. The minimum Gasteiger partial charge on any atom is -0.478 e. The summed E-state index contributed by atoms with van der Waals surface area (Å²) in [7, 11) is 0. The summed E-state index contributed by atoms with van der Waals surface area (Å²) in [6.07, 6.45) is 0.544. The summed E-state index contributed by atoms with van der Waals surface area (Å²) in [4.78, 5) is 20.7. The van der Waals surface area contributed by atoms with E-state index in [1.165, 1.54) is 6.07 Å². The molecule has 0 radical (unpaired) electrons. The number of hydrogen-bond donors (Lipinski definition) is 2. The quantitative estimate of drug-likeness (QED) is 0.275. The Kier molecular flexibility index (Phi) is 5.13. The highest BCUT2D eigenvalue weighted by Crippen LogP contribution is 2.17. The summed E-state index contributed by atoms with van der Waals surface area (Å²) < 4.78 is 0. The SMILES string of the molecule is CCOOC(=NO)c1cccc(CC)c1C(=O)O. The van der Waals surface area contributed by atoms with Crippen molar-refractivity contribution >= 4 is 11.9 Å². The zero-order valence-corrected chi connectivity index (χ0v) is 10.2. The fraction of sp³-hybridized carbons (Fsp3) is 0.333. The van der Waals surface area contributed by atoms with Crippen LogP contribution in [0, 0.1) is 0 Å². The van der Waals surface area contributed by atoms with Gasteiger partial charge in [0.2, 0.25) is 0 Å². The first-order chi connectivity index (χ1) is 8.65. The minimum absolute atomic E-state index is 0.0486. The second kappa shape index (κ2) is 6.61. The van der Waals surface area contributed by atoms with Crippen LogP contribution in [0.1, 0.15) is 35.3 Å². The fourth-order valence-corrected chi connectivity index (χ4v) is 1.56. The molecular formula is C12H15NO5. The van der Waals surface area contributed by atoms with Crippen molar-refractivity contribution in [1.82, 2.24) is 0 Å². The Morgan fingerprint density at radius 2 is 2.11 bits per heavy atom. The molecule has 0 saturated heterocycles. The number of oxime groups is 1. The van der Waals surface area contributed by atoms with E-state index >= 15 is 0 Å². The Bertz CT molecular complexity index is 456. The number of hydrogen-bond acceptors (Lipinski definition) is 5. The molecule has 1 aromatic carbocycles. The van der Waals surface area contributed by atoms with Crippen LogP contribution in [0.3, 0.4) is 0 Å². The van der Waals surface area contributed by atoms with Crippen LogP contribution in [0.2, 0.25) is 0 Å². The Hall–Kier alpha value is -2.08. The predicted molar refractivity (Wildman–Crippen MR) is 63.8 cm³/mol. The second-order valence-electron chi connectivity index (χ2n) is 3.39. The van der Waals surface area contributed by atoms with Crippen LogP contribution in [0.5, 0.6) is 0 Å². The van der Waals surface area contributed by atoms with Crippen molar-refractivity contribution in [3.63, 3.8) is 0 Å². The zero-order chi connectivity index (χ0) is 13.5. The molecule has 0 amide bonds. The Balaban J connectivity index is 3.25. The third-order valence-electron chi connectivity index (χ3n) is 2.32. The first-order valence-corrected chi connectivity index (χ1v) is 5.52. The lowest BCUT2D eigenvalue weighted by Crippen LogP contribution is -2.15. The average Bonchev–Trinajstić information content (AvgIpc) is 2.38. The monoisotopic (exact) mass is 253 g/mol. The highest BCUT2D eigenvalue weighted by molar-refractivity contribution is 6.05. The number of benzene rings is 1. The van der Waals surface area contributed by atoms with Crippen molar-refractivity contribution in [3.05, 3.63) is 34.9 Å². The molecule has 18 heavy (non-hydrogen) atoms. The van der Waals surface area contributed by atoms with Gasteiger partial charge >= 0.3 is 5.97 Å². The van der Waals surface area contributed by atoms with E-state index in [-0.39, 0.29) is 23.6 Å². The molecule has 2 N–H and O–H groups in total. The van der Waals surface area contributed by atoms with Crippen molar-refractivity contribution in [2.75, 3.05) is 6.61 Å². The summed E-state index contributed by atoms with van der Waals surface area (Å²) in [6.45, 7) is 3.77. The summed E-state index contributed by atoms with van der Waals surface area (Å²) >= 11 is 0. The molecule has 0 unspecified atom stereocenters. The van der Waals surface area contributed by atoms with E-state index in [0.29, 0.717) is 12.0 Å². The third kappa shape index (κ3) is 2.98. The molecule has 0 aliphatic carbocycles. The van der Waals surface area contributed by atoms with E-state index in [2.05, 4.69) is 10.0 Å². The molecule has 0 spiro atoms. The lowest BCUT2D eigenvalue weighted by atomic mass is 9.99. The maximum absolute atomic E-state index is 11.3. The summed E-state index contributed by atoms with van der Waals surface area (Å²) in [6, 6.07) is 4.86. The molecule has 0 fully saturated rings. The molecule has 0 atom stereocenters. The van der Waals surface area contributed by atoms with E-state index < -0.39 is 5.97 Å². The number of aryl methyl sites for hydroxylation is 1. The topological polar surface area (TPSA) is 88.4 Å². The summed E-state index contributed by atoms with van der Waals surface area (Å²) in [5.74, 6) is -1.38. The van der Waals surface area contributed by atoms with Gasteiger partial charge in [0.1, 0.15) is 0 Å². The molecule has 6 heteroatoms. The number of nitrogens with zero attached hydrogens (tertiary/aromatic N) is 1. The van der Waals surface area contributed by atoms with Crippen LogP contribution in [-0.2, 0) is 16.2 Å². The normalized spacial score (nSPS) is 11.3. The third-order valence-corrected chi connectivity index (χ3v) is 2.32.